The minimum absolute atomic E-state index is 0.141. The predicted octanol–water partition coefficient (Wildman–Crippen LogP) is 5.01. The number of aryl methyl sites for hydroxylation is 1. The number of benzene rings is 3. The Hall–Kier alpha value is -2.92. The van der Waals surface area contributed by atoms with Gasteiger partial charge in [0.05, 0.1) is 5.69 Å². The Kier molecular flexibility index (Phi) is 6.04. The SMILES string of the molecule is Cc1ccc(OCC(=O)Nc2ccc(Br)cc2C(=O)c2ccccc2)cc1. The van der Waals surface area contributed by atoms with E-state index in [1.807, 2.05) is 37.3 Å². The number of ketones is 1. The van der Waals surface area contributed by atoms with Crippen molar-refractivity contribution in [3.8, 4) is 5.75 Å². The Balaban J connectivity index is 1.73. The first-order valence-corrected chi connectivity index (χ1v) is 9.21. The molecule has 4 nitrogen and oxygen atoms in total. The highest BCUT2D eigenvalue weighted by molar-refractivity contribution is 9.10. The summed E-state index contributed by atoms with van der Waals surface area (Å²) < 4.78 is 6.26. The lowest BCUT2D eigenvalue weighted by Crippen LogP contribution is -2.21. The second kappa shape index (κ2) is 8.64. The molecule has 3 aromatic rings. The van der Waals surface area contributed by atoms with Crippen LogP contribution < -0.4 is 10.1 Å². The van der Waals surface area contributed by atoms with E-state index < -0.39 is 0 Å². The van der Waals surface area contributed by atoms with Crippen molar-refractivity contribution in [2.75, 3.05) is 11.9 Å². The summed E-state index contributed by atoms with van der Waals surface area (Å²) in [5.74, 6) is 0.124. The number of nitrogens with one attached hydrogen (secondary N) is 1. The number of rotatable bonds is 6. The largest absolute Gasteiger partial charge is 0.484 e. The summed E-state index contributed by atoms with van der Waals surface area (Å²) in [6.07, 6.45) is 0. The van der Waals surface area contributed by atoms with Crippen molar-refractivity contribution in [1.29, 1.82) is 0 Å². The van der Waals surface area contributed by atoms with E-state index in [0.29, 0.717) is 22.6 Å². The van der Waals surface area contributed by atoms with E-state index in [0.717, 1.165) is 10.0 Å². The molecule has 0 aliphatic heterocycles. The normalized spacial score (nSPS) is 10.3. The van der Waals surface area contributed by atoms with Gasteiger partial charge in [0.1, 0.15) is 5.75 Å². The van der Waals surface area contributed by atoms with Crippen LogP contribution in [0.1, 0.15) is 21.5 Å². The lowest BCUT2D eigenvalue weighted by Gasteiger charge is -2.12. The van der Waals surface area contributed by atoms with E-state index in [9.17, 15) is 9.59 Å². The first-order chi connectivity index (χ1) is 13.0. The third-order valence-electron chi connectivity index (χ3n) is 3.93. The molecule has 0 spiro atoms. The molecule has 3 aromatic carbocycles. The van der Waals surface area contributed by atoms with Crippen LogP contribution in [-0.2, 0) is 4.79 Å². The smallest absolute Gasteiger partial charge is 0.262 e. The Morgan fingerprint density at radius 3 is 2.37 bits per heavy atom. The molecule has 136 valence electrons. The van der Waals surface area contributed by atoms with Crippen LogP contribution in [0.25, 0.3) is 0 Å². The number of carbonyl (C=O) groups is 2. The van der Waals surface area contributed by atoms with E-state index >= 15 is 0 Å². The average Bonchev–Trinajstić information content (AvgIpc) is 2.69. The van der Waals surface area contributed by atoms with Crippen LogP contribution in [0.2, 0.25) is 0 Å². The van der Waals surface area contributed by atoms with Gasteiger partial charge in [-0.1, -0.05) is 64.0 Å². The molecule has 0 aromatic heterocycles. The van der Waals surface area contributed by atoms with Gasteiger partial charge in [0.25, 0.3) is 5.91 Å². The second-order valence-electron chi connectivity index (χ2n) is 6.03. The van der Waals surface area contributed by atoms with Crippen molar-refractivity contribution in [3.05, 3.63) is 94.0 Å². The number of halogens is 1. The van der Waals surface area contributed by atoms with Crippen molar-refractivity contribution in [2.24, 2.45) is 0 Å². The van der Waals surface area contributed by atoms with Gasteiger partial charge in [0, 0.05) is 15.6 Å². The fraction of sp³-hybridized carbons (Fsp3) is 0.0909. The zero-order valence-electron chi connectivity index (χ0n) is 14.7. The fourth-order valence-electron chi connectivity index (χ4n) is 2.53. The van der Waals surface area contributed by atoms with Gasteiger partial charge in [-0.2, -0.15) is 0 Å². The van der Waals surface area contributed by atoms with Gasteiger partial charge < -0.3 is 10.1 Å². The Bertz CT molecular complexity index is 953. The Labute approximate surface area is 166 Å². The fourth-order valence-corrected chi connectivity index (χ4v) is 2.89. The summed E-state index contributed by atoms with van der Waals surface area (Å²) in [7, 11) is 0. The third-order valence-corrected chi connectivity index (χ3v) is 4.42. The summed E-state index contributed by atoms with van der Waals surface area (Å²) in [6, 6.07) is 21.6. The lowest BCUT2D eigenvalue weighted by atomic mass is 10.0. The van der Waals surface area contributed by atoms with Crippen LogP contribution in [0.3, 0.4) is 0 Å². The van der Waals surface area contributed by atoms with Gasteiger partial charge >= 0.3 is 0 Å². The third kappa shape index (κ3) is 5.05. The van der Waals surface area contributed by atoms with Crippen LogP contribution >= 0.6 is 15.9 Å². The van der Waals surface area contributed by atoms with E-state index in [1.165, 1.54) is 0 Å². The van der Waals surface area contributed by atoms with Gasteiger partial charge in [-0.3, -0.25) is 9.59 Å². The van der Waals surface area contributed by atoms with Gasteiger partial charge in [0.2, 0.25) is 0 Å². The summed E-state index contributed by atoms with van der Waals surface area (Å²) in [4.78, 5) is 25.1. The highest BCUT2D eigenvalue weighted by Crippen LogP contribution is 2.24. The highest BCUT2D eigenvalue weighted by Gasteiger charge is 2.16. The average molecular weight is 424 g/mol. The topological polar surface area (TPSA) is 55.4 Å². The summed E-state index contributed by atoms with van der Waals surface area (Å²) in [5.41, 5.74) is 2.54. The molecular weight excluding hydrogens is 406 g/mol. The summed E-state index contributed by atoms with van der Waals surface area (Å²) >= 11 is 3.38. The summed E-state index contributed by atoms with van der Waals surface area (Å²) in [6.45, 7) is 1.84. The molecule has 0 heterocycles. The maximum atomic E-state index is 12.8. The van der Waals surface area contributed by atoms with Gasteiger partial charge in [-0.15, -0.1) is 0 Å². The van der Waals surface area contributed by atoms with E-state index in [4.69, 9.17) is 4.74 Å². The lowest BCUT2D eigenvalue weighted by molar-refractivity contribution is -0.118. The van der Waals surface area contributed by atoms with Gasteiger partial charge in [-0.05, 0) is 37.3 Å². The molecule has 1 N–H and O–H groups in total. The number of amides is 1. The van der Waals surface area contributed by atoms with E-state index in [-0.39, 0.29) is 18.3 Å². The molecule has 1 amide bonds. The second-order valence-corrected chi connectivity index (χ2v) is 6.95. The molecule has 3 rings (SSSR count). The molecule has 0 atom stereocenters. The number of hydrogen-bond donors (Lipinski definition) is 1. The molecule has 0 aliphatic rings. The van der Waals surface area contributed by atoms with Crippen molar-refractivity contribution in [1.82, 2.24) is 0 Å². The van der Waals surface area contributed by atoms with Crippen molar-refractivity contribution in [2.45, 2.75) is 6.92 Å². The van der Waals surface area contributed by atoms with Crippen LogP contribution in [0.5, 0.6) is 5.75 Å². The highest BCUT2D eigenvalue weighted by atomic mass is 79.9. The molecule has 5 heteroatoms. The zero-order valence-corrected chi connectivity index (χ0v) is 16.3. The van der Waals surface area contributed by atoms with Crippen LogP contribution in [-0.4, -0.2) is 18.3 Å². The first-order valence-electron chi connectivity index (χ1n) is 8.41. The monoisotopic (exact) mass is 423 g/mol. The van der Waals surface area contributed by atoms with E-state index in [2.05, 4.69) is 21.2 Å². The first kappa shape index (κ1) is 18.9. The molecule has 0 radical (unpaired) electrons. The predicted molar refractivity (Wildman–Crippen MR) is 109 cm³/mol. The molecule has 0 saturated heterocycles. The molecular formula is C22H18BrNO3. The van der Waals surface area contributed by atoms with Crippen molar-refractivity contribution in [3.63, 3.8) is 0 Å². The number of carbonyl (C=O) groups excluding carboxylic acids is 2. The molecule has 0 saturated carbocycles. The standard InChI is InChI=1S/C22H18BrNO3/c1-15-7-10-18(11-8-15)27-14-21(25)24-20-12-9-17(23)13-19(20)22(26)16-5-3-2-4-6-16/h2-13H,14H2,1H3,(H,24,25). The van der Waals surface area contributed by atoms with Crippen LogP contribution in [0, 0.1) is 6.92 Å². The van der Waals surface area contributed by atoms with Crippen LogP contribution in [0.15, 0.2) is 77.3 Å². The molecule has 0 fully saturated rings. The number of ether oxygens (including phenoxy) is 1. The molecule has 0 bridgehead atoms. The maximum Gasteiger partial charge on any atom is 0.262 e. The number of anilines is 1. The molecule has 27 heavy (non-hydrogen) atoms. The van der Waals surface area contributed by atoms with Gasteiger partial charge in [-0.25, -0.2) is 0 Å². The van der Waals surface area contributed by atoms with Crippen molar-refractivity contribution < 1.29 is 14.3 Å². The Morgan fingerprint density at radius 1 is 0.963 bits per heavy atom. The Morgan fingerprint density at radius 2 is 1.67 bits per heavy atom. The zero-order chi connectivity index (χ0) is 19.2. The van der Waals surface area contributed by atoms with Crippen LogP contribution in [0.4, 0.5) is 5.69 Å². The quantitative estimate of drug-likeness (QED) is 0.567. The minimum atomic E-state index is -0.333. The summed E-state index contributed by atoms with van der Waals surface area (Å²) in [5, 5.41) is 2.76. The minimum Gasteiger partial charge on any atom is -0.484 e. The number of hydrogen-bond acceptors (Lipinski definition) is 3. The van der Waals surface area contributed by atoms with E-state index in [1.54, 1.807) is 42.5 Å². The maximum absolute atomic E-state index is 12.8. The molecule has 0 unspecified atom stereocenters. The van der Waals surface area contributed by atoms with Crippen molar-refractivity contribution >= 4 is 33.3 Å². The van der Waals surface area contributed by atoms with Gasteiger partial charge in [0.15, 0.2) is 12.4 Å². The molecule has 0 aliphatic carbocycles.